The average Bonchev–Trinajstić information content (AvgIpc) is 3.04. The minimum atomic E-state index is -0.664. The van der Waals surface area contributed by atoms with Crippen LogP contribution in [0, 0.1) is 11.3 Å². The molecule has 20 heavy (non-hydrogen) atoms. The first-order valence-corrected chi connectivity index (χ1v) is 6.88. The first-order valence-electron chi connectivity index (χ1n) is 6.88. The molecule has 2 aliphatic carbocycles. The molecule has 1 aromatic rings. The highest BCUT2D eigenvalue weighted by Gasteiger charge is 2.53. The maximum absolute atomic E-state index is 12.7. The molecule has 1 saturated carbocycles. The molecule has 0 N–H and O–H groups in total. The molecule has 0 unspecified atom stereocenters. The maximum atomic E-state index is 12.7. The van der Waals surface area contributed by atoms with E-state index in [1.165, 1.54) is 0 Å². The van der Waals surface area contributed by atoms with Gasteiger partial charge in [-0.25, -0.2) is 0 Å². The van der Waals surface area contributed by atoms with Crippen LogP contribution in [0.2, 0.25) is 0 Å². The standard InChI is InChI=1S/C16H17NO3/c1-19-13-7-10-11(9-17)15(18)16(5-3-4-6-16)12(10)8-14(13)20-2/h7-8,11H,3-6H2,1-2H3/t11-/m0/s1. The van der Waals surface area contributed by atoms with E-state index in [9.17, 15) is 10.1 Å². The predicted octanol–water partition coefficient (Wildman–Crippen LogP) is 2.71. The van der Waals surface area contributed by atoms with E-state index in [4.69, 9.17) is 9.47 Å². The van der Waals surface area contributed by atoms with Gasteiger partial charge in [0.15, 0.2) is 17.3 Å². The minimum absolute atomic E-state index is 0.0582. The second-order valence-corrected chi connectivity index (χ2v) is 5.51. The Balaban J connectivity index is 2.24. The lowest BCUT2D eigenvalue weighted by Crippen LogP contribution is -2.29. The number of methoxy groups -OCH3 is 2. The van der Waals surface area contributed by atoms with Crippen molar-refractivity contribution in [3.05, 3.63) is 23.3 Å². The molecule has 3 rings (SSSR count). The summed E-state index contributed by atoms with van der Waals surface area (Å²) in [7, 11) is 3.15. The summed E-state index contributed by atoms with van der Waals surface area (Å²) in [5.41, 5.74) is 1.32. The van der Waals surface area contributed by atoms with Crippen molar-refractivity contribution in [2.24, 2.45) is 0 Å². The van der Waals surface area contributed by atoms with E-state index >= 15 is 0 Å². The third-order valence-corrected chi connectivity index (χ3v) is 4.70. The van der Waals surface area contributed by atoms with E-state index in [1.807, 2.05) is 6.07 Å². The van der Waals surface area contributed by atoms with Crippen molar-refractivity contribution in [2.45, 2.75) is 37.0 Å². The second kappa shape index (κ2) is 4.52. The molecular formula is C16H17NO3. The Morgan fingerprint density at radius 1 is 1.20 bits per heavy atom. The van der Waals surface area contributed by atoms with Crippen molar-refractivity contribution in [2.75, 3.05) is 14.2 Å². The van der Waals surface area contributed by atoms with Crippen LogP contribution >= 0.6 is 0 Å². The molecule has 0 saturated heterocycles. The predicted molar refractivity (Wildman–Crippen MR) is 73.1 cm³/mol. The van der Waals surface area contributed by atoms with E-state index in [-0.39, 0.29) is 5.78 Å². The average molecular weight is 271 g/mol. The van der Waals surface area contributed by atoms with Gasteiger partial charge in [-0.1, -0.05) is 12.8 Å². The number of carbonyl (C=O) groups is 1. The molecule has 4 nitrogen and oxygen atoms in total. The van der Waals surface area contributed by atoms with Gasteiger partial charge in [-0.2, -0.15) is 5.26 Å². The van der Waals surface area contributed by atoms with Gasteiger partial charge in [0.25, 0.3) is 0 Å². The van der Waals surface area contributed by atoms with Gasteiger partial charge in [-0.3, -0.25) is 4.79 Å². The first kappa shape index (κ1) is 13.0. The first-order chi connectivity index (χ1) is 9.67. The third kappa shape index (κ3) is 1.49. The van der Waals surface area contributed by atoms with Gasteiger partial charge in [-0.15, -0.1) is 0 Å². The largest absolute Gasteiger partial charge is 0.493 e. The number of nitrogens with zero attached hydrogens (tertiary/aromatic N) is 1. The lowest BCUT2D eigenvalue weighted by Gasteiger charge is -2.23. The number of rotatable bonds is 2. The molecule has 1 fully saturated rings. The van der Waals surface area contributed by atoms with E-state index < -0.39 is 11.3 Å². The maximum Gasteiger partial charge on any atom is 0.164 e. The number of nitriles is 1. The van der Waals surface area contributed by atoms with Crippen LogP contribution in [0.5, 0.6) is 11.5 Å². The number of benzene rings is 1. The van der Waals surface area contributed by atoms with Crippen molar-refractivity contribution in [1.82, 2.24) is 0 Å². The Morgan fingerprint density at radius 3 is 2.35 bits per heavy atom. The zero-order valence-corrected chi connectivity index (χ0v) is 11.7. The third-order valence-electron chi connectivity index (χ3n) is 4.70. The zero-order chi connectivity index (χ0) is 14.3. The SMILES string of the molecule is COc1cc2c(cc1OC)C1(CCCC1)C(=O)[C@H]2C#N. The monoisotopic (exact) mass is 271 g/mol. The number of carbonyl (C=O) groups excluding carboxylic acids is 1. The van der Waals surface area contributed by atoms with Crippen LogP contribution < -0.4 is 9.47 Å². The fraction of sp³-hybridized carbons (Fsp3) is 0.500. The summed E-state index contributed by atoms with van der Waals surface area (Å²) in [6.45, 7) is 0. The van der Waals surface area contributed by atoms with Gasteiger partial charge in [0.1, 0.15) is 5.92 Å². The van der Waals surface area contributed by atoms with Crippen molar-refractivity contribution >= 4 is 5.78 Å². The number of ether oxygens (including phenoxy) is 2. The molecule has 2 aliphatic rings. The number of ketones is 1. The molecule has 1 atom stereocenters. The molecule has 0 aliphatic heterocycles. The highest BCUT2D eigenvalue weighted by atomic mass is 16.5. The molecule has 1 aromatic carbocycles. The molecule has 0 aromatic heterocycles. The Morgan fingerprint density at radius 2 is 1.80 bits per heavy atom. The van der Waals surface area contributed by atoms with Crippen molar-refractivity contribution in [3.63, 3.8) is 0 Å². The summed E-state index contributed by atoms with van der Waals surface area (Å²) in [6.07, 6.45) is 3.76. The topological polar surface area (TPSA) is 59.3 Å². The lowest BCUT2D eigenvalue weighted by atomic mass is 9.79. The van der Waals surface area contributed by atoms with Crippen molar-refractivity contribution < 1.29 is 14.3 Å². The van der Waals surface area contributed by atoms with Gasteiger partial charge in [0, 0.05) is 0 Å². The van der Waals surface area contributed by atoms with Crippen molar-refractivity contribution in [3.8, 4) is 17.6 Å². The molecule has 0 amide bonds. The highest BCUT2D eigenvalue weighted by molar-refractivity contribution is 6.03. The molecule has 0 radical (unpaired) electrons. The van der Waals surface area contributed by atoms with Crippen LogP contribution in [0.1, 0.15) is 42.7 Å². The van der Waals surface area contributed by atoms with E-state index in [0.29, 0.717) is 11.5 Å². The lowest BCUT2D eigenvalue weighted by molar-refractivity contribution is -0.123. The minimum Gasteiger partial charge on any atom is -0.493 e. The van der Waals surface area contributed by atoms with Gasteiger partial charge < -0.3 is 9.47 Å². The Bertz CT molecular complexity index is 609. The van der Waals surface area contributed by atoms with Gasteiger partial charge >= 0.3 is 0 Å². The highest BCUT2D eigenvalue weighted by Crippen LogP contribution is 2.54. The van der Waals surface area contributed by atoms with Crippen LogP contribution in [0.15, 0.2) is 12.1 Å². The molecule has 0 bridgehead atoms. The molecule has 4 heteroatoms. The Labute approximate surface area is 118 Å². The summed E-state index contributed by atoms with van der Waals surface area (Å²) in [4.78, 5) is 12.7. The molecular weight excluding hydrogens is 254 g/mol. The van der Waals surface area contributed by atoms with Crippen LogP contribution in [-0.2, 0) is 10.2 Å². The number of Topliss-reactive ketones (excluding diaryl/α,β-unsaturated/α-hetero) is 1. The van der Waals surface area contributed by atoms with Crippen LogP contribution in [0.25, 0.3) is 0 Å². The molecule has 0 heterocycles. The Kier molecular flexibility index (Phi) is 2.93. The van der Waals surface area contributed by atoms with Gasteiger partial charge in [0.05, 0.1) is 25.7 Å². The fourth-order valence-electron chi connectivity index (χ4n) is 3.72. The summed E-state index contributed by atoms with van der Waals surface area (Å²) < 4.78 is 10.6. The van der Waals surface area contributed by atoms with Crippen LogP contribution in [0.3, 0.4) is 0 Å². The summed E-state index contributed by atoms with van der Waals surface area (Å²) in [5.74, 6) is 0.601. The smallest absolute Gasteiger partial charge is 0.164 e. The molecule has 104 valence electrons. The van der Waals surface area contributed by atoms with Gasteiger partial charge in [-0.05, 0) is 36.1 Å². The number of hydrogen-bond donors (Lipinski definition) is 0. The van der Waals surface area contributed by atoms with Crippen molar-refractivity contribution in [1.29, 1.82) is 5.26 Å². The van der Waals surface area contributed by atoms with Gasteiger partial charge in [0.2, 0.25) is 0 Å². The Hall–Kier alpha value is -2.02. The zero-order valence-electron chi connectivity index (χ0n) is 11.7. The summed E-state index contributed by atoms with van der Waals surface area (Å²) in [6, 6.07) is 5.86. The number of hydrogen-bond acceptors (Lipinski definition) is 4. The summed E-state index contributed by atoms with van der Waals surface area (Å²) in [5, 5.41) is 9.37. The quantitative estimate of drug-likeness (QED) is 0.829. The van der Waals surface area contributed by atoms with E-state index in [2.05, 4.69) is 6.07 Å². The van der Waals surface area contributed by atoms with E-state index in [1.54, 1.807) is 20.3 Å². The fourth-order valence-corrected chi connectivity index (χ4v) is 3.72. The van der Waals surface area contributed by atoms with Crippen LogP contribution in [0.4, 0.5) is 0 Å². The van der Waals surface area contributed by atoms with E-state index in [0.717, 1.165) is 36.8 Å². The van der Waals surface area contributed by atoms with Crippen LogP contribution in [-0.4, -0.2) is 20.0 Å². The normalized spacial score (nSPS) is 22.6. The number of fused-ring (bicyclic) bond motifs is 2. The molecule has 1 spiro atoms. The second-order valence-electron chi connectivity index (χ2n) is 5.51. The summed E-state index contributed by atoms with van der Waals surface area (Å²) >= 11 is 0.